The van der Waals surface area contributed by atoms with Crippen LogP contribution in [0.2, 0.25) is 0 Å². The van der Waals surface area contributed by atoms with Crippen molar-refractivity contribution in [3.8, 4) is 0 Å². The lowest BCUT2D eigenvalue weighted by molar-refractivity contribution is -0.121. The molecule has 5 heteroatoms. The zero-order valence-corrected chi connectivity index (χ0v) is 10.3. The van der Waals surface area contributed by atoms with E-state index in [1.54, 1.807) is 0 Å². The first-order chi connectivity index (χ1) is 8.63. The number of benzene rings is 1. The fraction of sp³-hybridized carbons (Fsp3) is 0.308. The van der Waals surface area contributed by atoms with Crippen molar-refractivity contribution in [2.75, 3.05) is 0 Å². The summed E-state index contributed by atoms with van der Waals surface area (Å²) in [6.07, 6.45) is 0.475. The number of carbonyl (C=O) groups is 1. The van der Waals surface area contributed by atoms with Crippen molar-refractivity contribution in [2.45, 2.75) is 20.3 Å². The van der Waals surface area contributed by atoms with Gasteiger partial charge in [0.2, 0.25) is 5.91 Å². The van der Waals surface area contributed by atoms with Gasteiger partial charge in [0, 0.05) is 17.9 Å². The topological polar surface area (TPSA) is 67.9 Å². The molecule has 1 radical (unpaired) electrons. The number of nitrogens with zero attached hydrogens (tertiary/aromatic N) is 3. The van der Waals surface area contributed by atoms with Gasteiger partial charge in [0.25, 0.3) is 0 Å². The zero-order valence-electron chi connectivity index (χ0n) is 10.3. The van der Waals surface area contributed by atoms with Crippen molar-refractivity contribution in [2.24, 2.45) is 16.0 Å². The van der Waals surface area contributed by atoms with Crippen molar-refractivity contribution in [1.29, 1.82) is 0 Å². The SMILES string of the molecule is CC1=Nc2cc(C3=NNC(=O)CC3C)ccc2[N]1. The van der Waals surface area contributed by atoms with E-state index in [9.17, 15) is 4.79 Å². The Kier molecular flexibility index (Phi) is 2.40. The fourth-order valence-corrected chi connectivity index (χ4v) is 2.24. The third kappa shape index (κ3) is 1.77. The van der Waals surface area contributed by atoms with Crippen molar-refractivity contribution in [1.82, 2.24) is 10.7 Å². The van der Waals surface area contributed by atoms with Gasteiger partial charge in [0.05, 0.1) is 17.1 Å². The summed E-state index contributed by atoms with van der Waals surface area (Å²) in [4.78, 5) is 15.6. The number of rotatable bonds is 1. The maximum atomic E-state index is 11.2. The third-order valence-electron chi connectivity index (χ3n) is 3.10. The molecular formula is C13H13N4O. The molecule has 1 N–H and O–H groups in total. The summed E-state index contributed by atoms with van der Waals surface area (Å²) >= 11 is 0. The lowest BCUT2D eigenvalue weighted by Crippen LogP contribution is -2.31. The second-order valence-corrected chi connectivity index (χ2v) is 4.61. The predicted octanol–water partition coefficient (Wildman–Crippen LogP) is 1.85. The molecule has 1 amide bonds. The van der Waals surface area contributed by atoms with Crippen LogP contribution in [-0.4, -0.2) is 17.5 Å². The molecule has 5 nitrogen and oxygen atoms in total. The number of hydrogen-bond donors (Lipinski definition) is 1. The zero-order chi connectivity index (χ0) is 12.7. The van der Waals surface area contributed by atoms with E-state index < -0.39 is 0 Å². The Labute approximate surface area is 105 Å². The molecule has 1 aromatic carbocycles. The van der Waals surface area contributed by atoms with E-state index in [0.717, 1.165) is 28.5 Å². The molecule has 3 rings (SSSR count). The highest BCUT2D eigenvalue weighted by atomic mass is 16.2. The number of amidine groups is 1. The van der Waals surface area contributed by atoms with Gasteiger partial charge < -0.3 is 0 Å². The highest BCUT2D eigenvalue weighted by Crippen LogP contribution is 2.32. The van der Waals surface area contributed by atoms with Crippen LogP contribution in [0.25, 0.3) is 0 Å². The first-order valence-corrected chi connectivity index (χ1v) is 5.91. The molecule has 0 aromatic heterocycles. The van der Waals surface area contributed by atoms with Gasteiger partial charge in [-0.3, -0.25) is 4.79 Å². The molecular weight excluding hydrogens is 228 g/mol. The minimum absolute atomic E-state index is 0.0312. The van der Waals surface area contributed by atoms with Crippen LogP contribution in [0.1, 0.15) is 25.8 Å². The predicted molar refractivity (Wildman–Crippen MR) is 69.5 cm³/mol. The lowest BCUT2D eigenvalue weighted by atomic mass is 9.94. The van der Waals surface area contributed by atoms with Crippen LogP contribution in [-0.2, 0) is 4.79 Å². The molecule has 2 heterocycles. The van der Waals surface area contributed by atoms with Crippen molar-refractivity contribution >= 4 is 28.8 Å². The Morgan fingerprint density at radius 2 is 2.17 bits per heavy atom. The molecule has 0 aliphatic carbocycles. The molecule has 2 aliphatic heterocycles. The molecule has 2 aliphatic rings. The molecule has 0 fully saturated rings. The molecule has 1 atom stereocenters. The molecule has 0 saturated heterocycles. The number of hydrogen-bond acceptors (Lipinski definition) is 3. The van der Waals surface area contributed by atoms with E-state index >= 15 is 0 Å². The molecule has 91 valence electrons. The Bertz CT molecular complexity index is 589. The van der Waals surface area contributed by atoms with E-state index in [1.807, 2.05) is 32.0 Å². The van der Waals surface area contributed by atoms with Crippen LogP contribution < -0.4 is 10.7 Å². The highest BCUT2D eigenvalue weighted by molar-refractivity contribution is 6.07. The average molecular weight is 241 g/mol. The molecule has 1 aromatic rings. The van der Waals surface area contributed by atoms with Crippen LogP contribution in [0, 0.1) is 5.92 Å². The first-order valence-electron chi connectivity index (χ1n) is 5.91. The van der Waals surface area contributed by atoms with E-state index in [2.05, 4.69) is 20.8 Å². The Balaban J connectivity index is 1.99. The van der Waals surface area contributed by atoms with E-state index in [0.29, 0.717) is 6.42 Å². The van der Waals surface area contributed by atoms with E-state index in [1.165, 1.54) is 0 Å². The standard InChI is InChI=1S/C13H13N4O/c1-7-5-12(18)16-17-13(7)9-3-4-10-11(6-9)15-8(2)14-10/h3-4,6-7H,5H2,1-2H3,(H,16,18). The van der Waals surface area contributed by atoms with Crippen LogP contribution in [0.5, 0.6) is 0 Å². The summed E-state index contributed by atoms with van der Waals surface area (Å²) < 4.78 is 0. The molecule has 1 unspecified atom stereocenters. The largest absolute Gasteiger partial charge is 0.273 e. The molecule has 0 spiro atoms. The lowest BCUT2D eigenvalue weighted by Gasteiger charge is -2.19. The molecule has 0 bridgehead atoms. The normalized spacial score (nSPS) is 21.7. The summed E-state index contributed by atoms with van der Waals surface area (Å²) in [6, 6.07) is 5.89. The number of aliphatic imine (C=N–C) groups is 1. The average Bonchev–Trinajstić information content (AvgIpc) is 2.68. The Morgan fingerprint density at radius 3 is 2.94 bits per heavy atom. The first kappa shape index (κ1) is 11.0. The fourth-order valence-electron chi connectivity index (χ4n) is 2.24. The number of carbonyl (C=O) groups excluding carboxylic acids is 1. The maximum Gasteiger partial charge on any atom is 0.240 e. The minimum Gasteiger partial charge on any atom is -0.273 e. The van der Waals surface area contributed by atoms with E-state index in [-0.39, 0.29) is 11.8 Å². The third-order valence-corrected chi connectivity index (χ3v) is 3.10. The van der Waals surface area contributed by atoms with Gasteiger partial charge in [0.15, 0.2) is 0 Å². The maximum absolute atomic E-state index is 11.2. The van der Waals surface area contributed by atoms with Gasteiger partial charge >= 0.3 is 0 Å². The van der Waals surface area contributed by atoms with Crippen LogP contribution in [0.3, 0.4) is 0 Å². The van der Waals surface area contributed by atoms with Gasteiger partial charge in [-0.1, -0.05) is 13.0 Å². The molecule has 18 heavy (non-hydrogen) atoms. The van der Waals surface area contributed by atoms with E-state index in [4.69, 9.17) is 0 Å². The summed E-state index contributed by atoms with van der Waals surface area (Å²) in [7, 11) is 0. The summed E-state index contributed by atoms with van der Waals surface area (Å²) in [5.74, 6) is 0.866. The van der Waals surface area contributed by atoms with Crippen LogP contribution in [0.15, 0.2) is 28.3 Å². The number of hydrazone groups is 1. The number of amides is 1. The summed E-state index contributed by atoms with van der Waals surface area (Å²) in [5, 5.41) is 8.45. The van der Waals surface area contributed by atoms with Gasteiger partial charge in [0.1, 0.15) is 5.84 Å². The van der Waals surface area contributed by atoms with Crippen molar-refractivity contribution < 1.29 is 4.79 Å². The summed E-state index contributed by atoms with van der Waals surface area (Å²) in [5.41, 5.74) is 6.19. The van der Waals surface area contributed by atoms with Gasteiger partial charge in [-0.2, -0.15) is 5.10 Å². The van der Waals surface area contributed by atoms with Crippen LogP contribution >= 0.6 is 0 Å². The quantitative estimate of drug-likeness (QED) is 0.801. The van der Waals surface area contributed by atoms with Gasteiger partial charge in [-0.05, 0) is 19.1 Å². The van der Waals surface area contributed by atoms with Gasteiger partial charge in [-0.15, -0.1) is 0 Å². The van der Waals surface area contributed by atoms with Crippen LogP contribution in [0.4, 0.5) is 11.4 Å². The second kappa shape index (κ2) is 3.94. The highest BCUT2D eigenvalue weighted by Gasteiger charge is 2.23. The van der Waals surface area contributed by atoms with Gasteiger partial charge in [-0.25, -0.2) is 15.7 Å². The summed E-state index contributed by atoms with van der Waals surface area (Å²) in [6.45, 7) is 3.88. The molecule has 0 saturated carbocycles. The Morgan fingerprint density at radius 1 is 1.33 bits per heavy atom. The minimum atomic E-state index is -0.0312. The smallest absolute Gasteiger partial charge is 0.240 e. The monoisotopic (exact) mass is 241 g/mol. The van der Waals surface area contributed by atoms with Crippen molar-refractivity contribution in [3.63, 3.8) is 0 Å². The number of nitrogens with one attached hydrogen (secondary N) is 1. The number of fused-ring (bicyclic) bond motifs is 1. The van der Waals surface area contributed by atoms with Crippen molar-refractivity contribution in [3.05, 3.63) is 23.8 Å². The Hall–Kier alpha value is -2.17. The second-order valence-electron chi connectivity index (χ2n) is 4.61.